The Morgan fingerprint density at radius 3 is 3.00 bits per heavy atom. The summed E-state index contributed by atoms with van der Waals surface area (Å²) < 4.78 is 0. The maximum absolute atomic E-state index is 12.3. The number of aliphatic hydroxyl groups is 1. The van der Waals surface area contributed by atoms with Crippen LogP contribution in [0.5, 0.6) is 0 Å². The Labute approximate surface area is 101 Å². The summed E-state index contributed by atoms with van der Waals surface area (Å²) in [6, 6.07) is 3.61. The largest absolute Gasteiger partial charge is 0.394 e. The lowest BCUT2D eigenvalue weighted by atomic mass is 10.0. The first-order chi connectivity index (χ1) is 8.22. The minimum absolute atomic E-state index is 0.0174. The number of hydrogen-bond donors (Lipinski definition) is 1. The molecule has 4 heteroatoms. The number of aryl methyl sites for hydroxylation is 1. The minimum Gasteiger partial charge on any atom is -0.394 e. The van der Waals surface area contributed by atoms with E-state index in [1.165, 1.54) is 0 Å². The number of aliphatic hydroxyl groups excluding tert-OH is 1. The molecule has 1 aliphatic heterocycles. The zero-order valence-electron chi connectivity index (χ0n) is 10.1. The molecule has 17 heavy (non-hydrogen) atoms. The van der Waals surface area contributed by atoms with E-state index in [0.29, 0.717) is 5.56 Å². The molecule has 0 saturated carbocycles. The Morgan fingerprint density at radius 1 is 1.53 bits per heavy atom. The Kier molecular flexibility index (Phi) is 3.74. The van der Waals surface area contributed by atoms with E-state index in [1.807, 2.05) is 13.0 Å². The number of piperidine rings is 1. The smallest absolute Gasteiger partial charge is 0.255 e. The summed E-state index contributed by atoms with van der Waals surface area (Å²) in [7, 11) is 0. The number of carbonyl (C=O) groups excluding carboxylic acids is 1. The fourth-order valence-corrected chi connectivity index (χ4v) is 2.22. The van der Waals surface area contributed by atoms with Gasteiger partial charge in [-0.25, -0.2) is 0 Å². The minimum atomic E-state index is -0.0300. The number of carbonyl (C=O) groups is 1. The van der Waals surface area contributed by atoms with Gasteiger partial charge in [0, 0.05) is 18.4 Å². The topological polar surface area (TPSA) is 53.4 Å². The molecule has 0 aromatic carbocycles. The van der Waals surface area contributed by atoms with Crippen LogP contribution in [0.25, 0.3) is 0 Å². The standard InChI is InChI=1S/C13H18N2O2/c1-10-5-6-11(8-14-10)13(17)15-7-3-2-4-12(15)9-16/h5-6,8,12,16H,2-4,7,9H2,1H3. The van der Waals surface area contributed by atoms with Gasteiger partial charge in [-0.3, -0.25) is 9.78 Å². The van der Waals surface area contributed by atoms with Crippen molar-refractivity contribution >= 4 is 5.91 Å². The number of rotatable bonds is 2. The summed E-state index contributed by atoms with van der Waals surface area (Å²) in [6.45, 7) is 2.68. The molecule has 1 saturated heterocycles. The molecule has 1 atom stereocenters. The molecule has 2 rings (SSSR count). The molecule has 0 spiro atoms. The lowest BCUT2D eigenvalue weighted by Gasteiger charge is -2.34. The first kappa shape index (κ1) is 12.0. The zero-order valence-corrected chi connectivity index (χ0v) is 10.1. The molecule has 0 bridgehead atoms. The molecule has 0 radical (unpaired) electrons. The van der Waals surface area contributed by atoms with Crippen molar-refractivity contribution in [2.24, 2.45) is 0 Å². The van der Waals surface area contributed by atoms with Gasteiger partial charge in [0.25, 0.3) is 5.91 Å². The lowest BCUT2D eigenvalue weighted by molar-refractivity contribution is 0.0502. The van der Waals surface area contributed by atoms with Crippen molar-refractivity contribution in [1.82, 2.24) is 9.88 Å². The molecule has 1 fully saturated rings. The van der Waals surface area contributed by atoms with E-state index in [0.717, 1.165) is 31.5 Å². The van der Waals surface area contributed by atoms with Crippen LogP contribution in [-0.4, -0.2) is 40.1 Å². The van der Waals surface area contributed by atoms with E-state index < -0.39 is 0 Å². The molecule has 0 aliphatic carbocycles. The molecular weight excluding hydrogens is 216 g/mol. The second-order valence-corrected chi connectivity index (χ2v) is 4.52. The highest BCUT2D eigenvalue weighted by Gasteiger charge is 2.26. The van der Waals surface area contributed by atoms with Crippen LogP contribution in [0.3, 0.4) is 0 Å². The van der Waals surface area contributed by atoms with Gasteiger partial charge in [0.05, 0.1) is 18.2 Å². The summed E-state index contributed by atoms with van der Waals surface area (Å²) in [6.07, 6.45) is 4.60. The number of nitrogens with zero attached hydrogens (tertiary/aromatic N) is 2. The van der Waals surface area contributed by atoms with Crippen molar-refractivity contribution in [3.63, 3.8) is 0 Å². The second kappa shape index (κ2) is 5.27. The van der Waals surface area contributed by atoms with Gasteiger partial charge in [0.15, 0.2) is 0 Å². The molecule has 1 amide bonds. The first-order valence-electron chi connectivity index (χ1n) is 6.07. The van der Waals surface area contributed by atoms with Crippen LogP contribution in [0.4, 0.5) is 0 Å². The van der Waals surface area contributed by atoms with Crippen molar-refractivity contribution in [1.29, 1.82) is 0 Å². The highest BCUT2D eigenvalue weighted by atomic mass is 16.3. The van der Waals surface area contributed by atoms with E-state index in [-0.39, 0.29) is 18.6 Å². The maximum Gasteiger partial charge on any atom is 0.255 e. The molecule has 2 heterocycles. The molecule has 1 aromatic heterocycles. The quantitative estimate of drug-likeness (QED) is 0.841. The Bertz CT molecular complexity index is 389. The number of aromatic nitrogens is 1. The van der Waals surface area contributed by atoms with E-state index in [1.54, 1.807) is 17.2 Å². The van der Waals surface area contributed by atoms with Gasteiger partial charge in [-0.2, -0.15) is 0 Å². The average molecular weight is 234 g/mol. The third-order valence-electron chi connectivity index (χ3n) is 3.26. The second-order valence-electron chi connectivity index (χ2n) is 4.52. The number of hydrogen-bond acceptors (Lipinski definition) is 3. The van der Waals surface area contributed by atoms with Gasteiger partial charge >= 0.3 is 0 Å². The van der Waals surface area contributed by atoms with Gasteiger partial charge in [-0.15, -0.1) is 0 Å². The number of amides is 1. The zero-order chi connectivity index (χ0) is 12.3. The highest BCUT2D eigenvalue weighted by Crippen LogP contribution is 2.19. The summed E-state index contributed by atoms with van der Waals surface area (Å²) in [4.78, 5) is 18.2. The summed E-state index contributed by atoms with van der Waals surface area (Å²) in [5.74, 6) is -0.0174. The Morgan fingerprint density at radius 2 is 2.35 bits per heavy atom. The van der Waals surface area contributed by atoms with Crippen LogP contribution in [0.15, 0.2) is 18.3 Å². The van der Waals surface area contributed by atoms with Crippen LogP contribution in [0.1, 0.15) is 35.3 Å². The van der Waals surface area contributed by atoms with Gasteiger partial charge in [-0.1, -0.05) is 0 Å². The van der Waals surface area contributed by atoms with Gasteiger partial charge < -0.3 is 10.0 Å². The molecule has 1 unspecified atom stereocenters. The third-order valence-corrected chi connectivity index (χ3v) is 3.26. The van der Waals surface area contributed by atoms with Gasteiger partial charge in [0.2, 0.25) is 0 Å². The lowest BCUT2D eigenvalue weighted by Crippen LogP contribution is -2.45. The van der Waals surface area contributed by atoms with Crippen LogP contribution >= 0.6 is 0 Å². The fraction of sp³-hybridized carbons (Fsp3) is 0.538. The van der Waals surface area contributed by atoms with Crippen molar-refractivity contribution in [2.45, 2.75) is 32.2 Å². The van der Waals surface area contributed by atoms with Crippen molar-refractivity contribution < 1.29 is 9.90 Å². The molecule has 92 valence electrons. The molecule has 1 aromatic rings. The highest BCUT2D eigenvalue weighted by molar-refractivity contribution is 5.94. The molecule has 1 aliphatic rings. The molecule has 1 N–H and O–H groups in total. The Hall–Kier alpha value is -1.42. The SMILES string of the molecule is Cc1ccc(C(=O)N2CCCCC2CO)cn1. The van der Waals surface area contributed by atoms with Crippen LogP contribution in [0, 0.1) is 6.92 Å². The first-order valence-corrected chi connectivity index (χ1v) is 6.07. The van der Waals surface area contributed by atoms with E-state index in [9.17, 15) is 9.90 Å². The fourth-order valence-electron chi connectivity index (χ4n) is 2.22. The predicted octanol–water partition coefficient (Wildman–Crippen LogP) is 1.38. The summed E-state index contributed by atoms with van der Waals surface area (Å²) in [5.41, 5.74) is 1.51. The van der Waals surface area contributed by atoms with Crippen LogP contribution < -0.4 is 0 Å². The van der Waals surface area contributed by atoms with E-state index in [2.05, 4.69) is 4.98 Å². The van der Waals surface area contributed by atoms with Crippen molar-refractivity contribution in [2.75, 3.05) is 13.2 Å². The maximum atomic E-state index is 12.3. The number of likely N-dealkylation sites (tertiary alicyclic amines) is 1. The average Bonchev–Trinajstić information content (AvgIpc) is 2.39. The monoisotopic (exact) mass is 234 g/mol. The normalized spacial score (nSPS) is 20.4. The van der Waals surface area contributed by atoms with Crippen LogP contribution in [-0.2, 0) is 0 Å². The van der Waals surface area contributed by atoms with E-state index in [4.69, 9.17) is 0 Å². The summed E-state index contributed by atoms with van der Waals surface area (Å²) in [5, 5.41) is 9.29. The molecule has 4 nitrogen and oxygen atoms in total. The van der Waals surface area contributed by atoms with Crippen molar-refractivity contribution in [3.8, 4) is 0 Å². The number of pyridine rings is 1. The van der Waals surface area contributed by atoms with E-state index >= 15 is 0 Å². The Balaban J connectivity index is 2.15. The van der Waals surface area contributed by atoms with Gasteiger partial charge in [0.1, 0.15) is 0 Å². The molecular formula is C13H18N2O2. The van der Waals surface area contributed by atoms with Crippen LogP contribution in [0.2, 0.25) is 0 Å². The summed E-state index contributed by atoms with van der Waals surface area (Å²) >= 11 is 0. The predicted molar refractivity (Wildman–Crippen MR) is 64.7 cm³/mol. The van der Waals surface area contributed by atoms with Gasteiger partial charge in [-0.05, 0) is 38.3 Å². The van der Waals surface area contributed by atoms with Crippen molar-refractivity contribution in [3.05, 3.63) is 29.6 Å². The third kappa shape index (κ3) is 2.64.